The molecule has 110 valence electrons. The molecule has 1 saturated carbocycles. The molecule has 0 bridgehead atoms. The van der Waals surface area contributed by atoms with Crippen LogP contribution in [0.1, 0.15) is 56.2 Å². The minimum absolute atomic E-state index is 0.475. The van der Waals surface area contributed by atoms with Crippen LogP contribution in [0.15, 0.2) is 18.2 Å². The van der Waals surface area contributed by atoms with E-state index in [2.05, 4.69) is 37.4 Å². The highest BCUT2D eigenvalue weighted by molar-refractivity contribution is 5.43. The topological polar surface area (TPSA) is 21.3 Å². The maximum absolute atomic E-state index is 5.96. The largest absolute Gasteiger partial charge is 0.493 e. The van der Waals surface area contributed by atoms with Crippen LogP contribution in [0.2, 0.25) is 0 Å². The first-order chi connectivity index (χ1) is 9.74. The van der Waals surface area contributed by atoms with Gasteiger partial charge < -0.3 is 10.1 Å². The van der Waals surface area contributed by atoms with Crippen molar-refractivity contribution in [3.63, 3.8) is 0 Å². The summed E-state index contributed by atoms with van der Waals surface area (Å²) in [6.45, 7) is 6.57. The van der Waals surface area contributed by atoms with Gasteiger partial charge in [-0.25, -0.2) is 0 Å². The average Bonchev–Trinajstić information content (AvgIpc) is 2.73. The number of aryl methyl sites for hydroxylation is 1. The summed E-state index contributed by atoms with van der Waals surface area (Å²) in [4.78, 5) is 0. The smallest absolute Gasteiger partial charge is 0.126 e. The maximum Gasteiger partial charge on any atom is 0.126 e. The fraction of sp³-hybridized carbons (Fsp3) is 0.667. The van der Waals surface area contributed by atoms with Crippen LogP contribution in [0.5, 0.6) is 5.75 Å². The SMILES string of the molecule is Cc1cccc2c1OCCCC2NCC1CCC(C)C1. The molecule has 1 aliphatic heterocycles. The number of benzene rings is 1. The molecule has 1 fully saturated rings. The highest BCUT2D eigenvalue weighted by Crippen LogP contribution is 2.35. The van der Waals surface area contributed by atoms with Crippen LogP contribution in [-0.2, 0) is 0 Å². The van der Waals surface area contributed by atoms with Crippen molar-refractivity contribution in [1.82, 2.24) is 5.32 Å². The lowest BCUT2D eigenvalue weighted by atomic mass is 9.98. The van der Waals surface area contributed by atoms with E-state index in [1.54, 1.807) is 0 Å². The Kier molecular flexibility index (Phi) is 4.30. The normalized spacial score (nSPS) is 29.6. The van der Waals surface area contributed by atoms with E-state index in [1.807, 2.05) is 0 Å². The van der Waals surface area contributed by atoms with Crippen molar-refractivity contribution in [1.29, 1.82) is 0 Å². The van der Waals surface area contributed by atoms with Crippen LogP contribution in [-0.4, -0.2) is 13.2 Å². The molecule has 1 aromatic rings. The number of rotatable bonds is 3. The van der Waals surface area contributed by atoms with Crippen molar-refractivity contribution in [3.8, 4) is 5.75 Å². The van der Waals surface area contributed by atoms with Crippen LogP contribution in [0.4, 0.5) is 0 Å². The highest BCUT2D eigenvalue weighted by Gasteiger charge is 2.24. The molecule has 3 atom stereocenters. The van der Waals surface area contributed by atoms with Gasteiger partial charge >= 0.3 is 0 Å². The first kappa shape index (κ1) is 13.9. The molecule has 2 nitrogen and oxygen atoms in total. The standard InChI is InChI=1S/C18H27NO/c1-13-8-9-15(11-13)12-19-17-7-4-10-20-18-14(2)5-3-6-16(17)18/h3,5-6,13,15,17,19H,4,7-12H2,1-2H3. The summed E-state index contributed by atoms with van der Waals surface area (Å²) in [6, 6.07) is 7.03. The summed E-state index contributed by atoms with van der Waals surface area (Å²) in [5.41, 5.74) is 2.64. The first-order valence-electron chi connectivity index (χ1n) is 8.19. The third kappa shape index (κ3) is 3.01. The fourth-order valence-electron chi connectivity index (χ4n) is 3.80. The molecule has 20 heavy (non-hydrogen) atoms. The molecule has 1 aromatic carbocycles. The van der Waals surface area contributed by atoms with E-state index < -0.39 is 0 Å². The van der Waals surface area contributed by atoms with E-state index in [-0.39, 0.29) is 0 Å². The van der Waals surface area contributed by atoms with Gasteiger partial charge in [0.15, 0.2) is 0 Å². The molecule has 0 radical (unpaired) electrons. The van der Waals surface area contributed by atoms with Crippen LogP contribution in [0.3, 0.4) is 0 Å². The van der Waals surface area contributed by atoms with E-state index >= 15 is 0 Å². The predicted octanol–water partition coefficient (Wildman–Crippen LogP) is 4.23. The zero-order valence-corrected chi connectivity index (χ0v) is 12.8. The molecule has 3 rings (SSSR count). The van der Waals surface area contributed by atoms with Gasteiger partial charge in [0.1, 0.15) is 5.75 Å². The minimum atomic E-state index is 0.475. The van der Waals surface area contributed by atoms with Gasteiger partial charge in [-0.15, -0.1) is 0 Å². The summed E-state index contributed by atoms with van der Waals surface area (Å²) in [6.07, 6.45) is 6.55. The van der Waals surface area contributed by atoms with Gasteiger partial charge in [0.05, 0.1) is 6.61 Å². The number of hydrogen-bond acceptors (Lipinski definition) is 2. The molecular weight excluding hydrogens is 246 g/mol. The average molecular weight is 273 g/mol. The van der Waals surface area contributed by atoms with Crippen molar-refractivity contribution in [2.75, 3.05) is 13.2 Å². The monoisotopic (exact) mass is 273 g/mol. The molecule has 0 saturated heterocycles. The Morgan fingerprint density at radius 2 is 2.15 bits per heavy atom. The summed E-state index contributed by atoms with van der Waals surface area (Å²) in [5, 5.41) is 3.83. The molecule has 0 amide bonds. The Labute approximate surface area is 122 Å². The third-order valence-corrected chi connectivity index (χ3v) is 4.96. The Hall–Kier alpha value is -1.02. The lowest BCUT2D eigenvalue weighted by Gasteiger charge is -2.21. The zero-order valence-electron chi connectivity index (χ0n) is 12.8. The summed E-state index contributed by atoms with van der Waals surface area (Å²) < 4.78 is 5.96. The predicted molar refractivity (Wildman–Crippen MR) is 83.2 cm³/mol. The zero-order chi connectivity index (χ0) is 13.9. The van der Waals surface area contributed by atoms with Crippen LogP contribution < -0.4 is 10.1 Å². The first-order valence-corrected chi connectivity index (χ1v) is 8.19. The van der Waals surface area contributed by atoms with Gasteiger partial charge in [-0.05, 0) is 56.6 Å². The summed E-state index contributed by atoms with van der Waals surface area (Å²) in [7, 11) is 0. The van der Waals surface area contributed by atoms with Crippen LogP contribution in [0.25, 0.3) is 0 Å². The van der Waals surface area contributed by atoms with Gasteiger partial charge in [-0.2, -0.15) is 0 Å². The fourth-order valence-corrected chi connectivity index (χ4v) is 3.80. The molecule has 3 unspecified atom stereocenters. The molecule has 0 spiro atoms. The van der Waals surface area contributed by atoms with E-state index in [4.69, 9.17) is 4.74 Å². The van der Waals surface area contributed by atoms with E-state index in [0.717, 1.165) is 30.6 Å². The van der Waals surface area contributed by atoms with Crippen molar-refractivity contribution >= 4 is 0 Å². The Morgan fingerprint density at radius 1 is 1.25 bits per heavy atom. The van der Waals surface area contributed by atoms with Crippen molar-refractivity contribution in [3.05, 3.63) is 29.3 Å². The second kappa shape index (κ2) is 6.17. The van der Waals surface area contributed by atoms with E-state index in [1.165, 1.54) is 43.4 Å². The van der Waals surface area contributed by atoms with Gasteiger partial charge in [-0.1, -0.05) is 31.5 Å². The van der Waals surface area contributed by atoms with Crippen LogP contribution in [0, 0.1) is 18.8 Å². The Balaban J connectivity index is 1.69. The second-order valence-corrected chi connectivity index (χ2v) is 6.73. The molecule has 0 aromatic heterocycles. The van der Waals surface area contributed by atoms with Gasteiger partial charge in [0.25, 0.3) is 0 Å². The van der Waals surface area contributed by atoms with Crippen molar-refractivity contribution < 1.29 is 4.74 Å². The molecule has 1 heterocycles. The minimum Gasteiger partial charge on any atom is -0.493 e. The summed E-state index contributed by atoms with van der Waals surface area (Å²) >= 11 is 0. The number of para-hydroxylation sites is 1. The van der Waals surface area contributed by atoms with Crippen molar-refractivity contribution in [2.45, 2.75) is 52.0 Å². The van der Waals surface area contributed by atoms with Gasteiger partial charge in [-0.3, -0.25) is 0 Å². The van der Waals surface area contributed by atoms with Gasteiger partial charge in [0.2, 0.25) is 0 Å². The molecule has 1 aliphatic carbocycles. The number of fused-ring (bicyclic) bond motifs is 1. The van der Waals surface area contributed by atoms with E-state index in [0.29, 0.717) is 6.04 Å². The molecule has 2 aliphatic rings. The highest BCUT2D eigenvalue weighted by atomic mass is 16.5. The number of ether oxygens (including phenoxy) is 1. The quantitative estimate of drug-likeness (QED) is 0.889. The lowest BCUT2D eigenvalue weighted by Crippen LogP contribution is -2.26. The maximum atomic E-state index is 5.96. The van der Waals surface area contributed by atoms with Gasteiger partial charge in [0, 0.05) is 11.6 Å². The number of hydrogen-bond donors (Lipinski definition) is 1. The Bertz CT molecular complexity index is 457. The number of nitrogens with one attached hydrogen (secondary N) is 1. The third-order valence-electron chi connectivity index (χ3n) is 4.96. The lowest BCUT2D eigenvalue weighted by molar-refractivity contribution is 0.312. The van der Waals surface area contributed by atoms with Crippen molar-refractivity contribution in [2.24, 2.45) is 11.8 Å². The molecule has 2 heteroatoms. The molecular formula is C18H27NO. The van der Waals surface area contributed by atoms with E-state index in [9.17, 15) is 0 Å². The van der Waals surface area contributed by atoms with Crippen LogP contribution >= 0.6 is 0 Å². The summed E-state index contributed by atoms with van der Waals surface area (Å²) in [5.74, 6) is 2.93. The molecule has 1 N–H and O–H groups in total. The Morgan fingerprint density at radius 3 is 2.95 bits per heavy atom. The second-order valence-electron chi connectivity index (χ2n) is 6.73.